The Morgan fingerprint density at radius 2 is 2.24 bits per heavy atom. The summed E-state index contributed by atoms with van der Waals surface area (Å²) in [6.45, 7) is 7.37. The molecule has 6 heteroatoms. The van der Waals surface area contributed by atoms with E-state index in [4.69, 9.17) is 10.9 Å². The number of aromatic nitrogens is 2. The second kappa shape index (κ2) is 5.67. The first-order valence-corrected chi connectivity index (χ1v) is 5.64. The van der Waals surface area contributed by atoms with Crippen LogP contribution >= 0.6 is 0 Å². The molecule has 6 nitrogen and oxygen atoms in total. The molecule has 0 saturated heterocycles. The lowest BCUT2D eigenvalue weighted by atomic mass is 10.1. The first kappa shape index (κ1) is 13.5. The number of hydrogen-bond donors (Lipinski definition) is 3. The predicted octanol–water partition coefficient (Wildman–Crippen LogP) is 0.509. The van der Waals surface area contributed by atoms with Crippen LogP contribution in [0.2, 0.25) is 0 Å². The number of nitrogens with two attached hydrogens (primary N) is 1. The average Bonchev–Trinajstić information content (AvgIpc) is 2.54. The van der Waals surface area contributed by atoms with Crippen LogP contribution in [-0.2, 0) is 13.6 Å². The van der Waals surface area contributed by atoms with E-state index >= 15 is 0 Å². The molecule has 0 fully saturated rings. The number of nitrogens with zero attached hydrogens (tertiary/aromatic N) is 3. The molecule has 1 rings (SSSR count). The van der Waals surface area contributed by atoms with Gasteiger partial charge in [-0.2, -0.15) is 5.10 Å². The van der Waals surface area contributed by atoms with Gasteiger partial charge in [-0.3, -0.25) is 4.68 Å². The van der Waals surface area contributed by atoms with E-state index in [1.54, 1.807) is 0 Å². The molecule has 0 bridgehead atoms. The molecule has 17 heavy (non-hydrogen) atoms. The van der Waals surface area contributed by atoms with E-state index in [9.17, 15) is 0 Å². The highest BCUT2D eigenvalue weighted by Gasteiger charge is 2.10. The fraction of sp³-hybridized carbons (Fsp3) is 0.636. The Labute approximate surface area is 101 Å². The summed E-state index contributed by atoms with van der Waals surface area (Å²) < 4.78 is 1.87. The lowest BCUT2D eigenvalue weighted by molar-refractivity contribution is 0.314. The highest BCUT2D eigenvalue weighted by Crippen LogP contribution is 2.11. The van der Waals surface area contributed by atoms with Gasteiger partial charge in [0.2, 0.25) is 0 Å². The SMILES string of the molecule is Cc1nn(C)c(C)c1CNCC(C)C(N)=NO. The van der Waals surface area contributed by atoms with Crippen LogP contribution in [0.5, 0.6) is 0 Å². The zero-order valence-electron chi connectivity index (χ0n) is 10.9. The molecule has 0 radical (unpaired) electrons. The Kier molecular flexibility index (Phi) is 4.51. The van der Waals surface area contributed by atoms with Crippen LogP contribution in [0.15, 0.2) is 5.16 Å². The number of amidine groups is 1. The predicted molar refractivity (Wildman–Crippen MR) is 67.0 cm³/mol. The van der Waals surface area contributed by atoms with Crippen LogP contribution in [0.25, 0.3) is 0 Å². The molecular weight excluding hydrogens is 218 g/mol. The molecular formula is C11H21N5O. The highest BCUT2D eigenvalue weighted by atomic mass is 16.4. The summed E-state index contributed by atoms with van der Waals surface area (Å²) >= 11 is 0. The quantitative estimate of drug-likeness (QED) is 0.302. The van der Waals surface area contributed by atoms with Gasteiger partial charge in [-0.05, 0) is 13.8 Å². The second-order valence-corrected chi connectivity index (χ2v) is 4.33. The van der Waals surface area contributed by atoms with E-state index in [1.807, 2.05) is 32.5 Å². The standard InChI is InChI=1S/C11H21N5O/c1-7(11(12)15-17)5-13-6-10-8(2)14-16(4)9(10)3/h7,13,17H,5-6H2,1-4H3,(H2,12,15). The van der Waals surface area contributed by atoms with Gasteiger partial charge in [-0.25, -0.2) is 0 Å². The summed E-state index contributed by atoms with van der Waals surface area (Å²) in [5.74, 6) is 0.259. The van der Waals surface area contributed by atoms with E-state index in [2.05, 4.69) is 15.6 Å². The topological polar surface area (TPSA) is 88.5 Å². The molecule has 0 aromatic carbocycles. The monoisotopic (exact) mass is 239 g/mol. The molecule has 1 atom stereocenters. The Bertz CT molecular complexity index is 410. The van der Waals surface area contributed by atoms with Crippen molar-refractivity contribution in [1.29, 1.82) is 0 Å². The summed E-state index contributed by atoms with van der Waals surface area (Å²) in [4.78, 5) is 0. The van der Waals surface area contributed by atoms with Crippen LogP contribution in [-0.4, -0.2) is 27.4 Å². The lowest BCUT2D eigenvalue weighted by Crippen LogP contribution is -2.31. The Morgan fingerprint density at radius 1 is 1.59 bits per heavy atom. The molecule has 0 aliphatic carbocycles. The van der Waals surface area contributed by atoms with Crippen LogP contribution in [0.3, 0.4) is 0 Å². The molecule has 96 valence electrons. The summed E-state index contributed by atoms with van der Waals surface area (Å²) in [5.41, 5.74) is 8.91. The Morgan fingerprint density at radius 3 is 2.71 bits per heavy atom. The molecule has 0 amide bonds. The van der Waals surface area contributed by atoms with Crippen LogP contribution < -0.4 is 11.1 Å². The van der Waals surface area contributed by atoms with Crippen LogP contribution in [0, 0.1) is 19.8 Å². The molecule has 0 spiro atoms. The molecule has 4 N–H and O–H groups in total. The number of aryl methyl sites for hydroxylation is 2. The normalized spacial score (nSPS) is 14.0. The summed E-state index contributed by atoms with van der Waals surface area (Å²) in [6.07, 6.45) is 0. The van der Waals surface area contributed by atoms with Crippen molar-refractivity contribution < 1.29 is 5.21 Å². The van der Waals surface area contributed by atoms with Gasteiger partial charge in [0.25, 0.3) is 0 Å². The van der Waals surface area contributed by atoms with Gasteiger partial charge in [0, 0.05) is 37.3 Å². The third kappa shape index (κ3) is 3.20. The maximum atomic E-state index is 8.53. The van der Waals surface area contributed by atoms with Gasteiger partial charge in [-0.15, -0.1) is 0 Å². The number of nitrogens with one attached hydrogen (secondary N) is 1. The van der Waals surface area contributed by atoms with Crippen molar-refractivity contribution in [1.82, 2.24) is 15.1 Å². The van der Waals surface area contributed by atoms with E-state index in [0.717, 1.165) is 17.9 Å². The number of oxime groups is 1. The third-order valence-corrected chi connectivity index (χ3v) is 3.03. The average molecular weight is 239 g/mol. The van der Waals surface area contributed by atoms with E-state index in [0.29, 0.717) is 6.54 Å². The number of hydrogen-bond acceptors (Lipinski definition) is 4. The van der Waals surface area contributed by atoms with E-state index in [-0.39, 0.29) is 11.8 Å². The van der Waals surface area contributed by atoms with Gasteiger partial charge in [0.05, 0.1) is 5.69 Å². The molecule has 0 saturated carbocycles. The minimum atomic E-state index is 0.0114. The van der Waals surface area contributed by atoms with Crippen molar-refractivity contribution in [2.24, 2.45) is 23.9 Å². The van der Waals surface area contributed by atoms with Gasteiger partial charge >= 0.3 is 0 Å². The lowest BCUT2D eigenvalue weighted by Gasteiger charge is -2.11. The molecule has 0 aliphatic rings. The third-order valence-electron chi connectivity index (χ3n) is 3.03. The molecule has 1 aromatic rings. The minimum absolute atomic E-state index is 0.0114. The van der Waals surface area contributed by atoms with Gasteiger partial charge < -0.3 is 16.3 Å². The molecule has 1 heterocycles. The number of rotatable bonds is 5. The second-order valence-electron chi connectivity index (χ2n) is 4.33. The van der Waals surface area contributed by atoms with Gasteiger partial charge in [0.15, 0.2) is 0 Å². The first-order valence-electron chi connectivity index (χ1n) is 5.64. The fourth-order valence-electron chi connectivity index (χ4n) is 1.69. The van der Waals surface area contributed by atoms with Crippen molar-refractivity contribution in [3.05, 3.63) is 17.0 Å². The first-order chi connectivity index (χ1) is 7.97. The van der Waals surface area contributed by atoms with Crippen molar-refractivity contribution in [3.63, 3.8) is 0 Å². The van der Waals surface area contributed by atoms with Crippen LogP contribution in [0.1, 0.15) is 23.9 Å². The maximum Gasteiger partial charge on any atom is 0.143 e. The highest BCUT2D eigenvalue weighted by molar-refractivity contribution is 5.82. The zero-order chi connectivity index (χ0) is 13.0. The van der Waals surface area contributed by atoms with E-state index in [1.165, 1.54) is 5.56 Å². The fourth-order valence-corrected chi connectivity index (χ4v) is 1.69. The zero-order valence-corrected chi connectivity index (χ0v) is 10.9. The Balaban J connectivity index is 2.52. The van der Waals surface area contributed by atoms with Crippen LogP contribution in [0.4, 0.5) is 0 Å². The van der Waals surface area contributed by atoms with Crippen molar-refractivity contribution in [2.75, 3.05) is 6.54 Å². The molecule has 0 aliphatic heterocycles. The largest absolute Gasteiger partial charge is 0.409 e. The minimum Gasteiger partial charge on any atom is -0.409 e. The van der Waals surface area contributed by atoms with Gasteiger partial charge in [0.1, 0.15) is 5.84 Å². The summed E-state index contributed by atoms with van der Waals surface area (Å²) in [5, 5.41) is 19.2. The summed E-state index contributed by atoms with van der Waals surface area (Å²) in [6, 6.07) is 0. The van der Waals surface area contributed by atoms with E-state index < -0.39 is 0 Å². The molecule has 1 unspecified atom stereocenters. The smallest absolute Gasteiger partial charge is 0.143 e. The van der Waals surface area contributed by atoms with Crippen molar-refractivity contribution in [3.8, 4) is 0 Å². The van der Waals surface area contributed by atoms with Gasteiger partial charge in [-0.1, -0.05) is 12.1 Å². The maximum absolute atomic E-state index is 8.53. The Hall–Kier alpha value is -1.56. The van der Waals surface area contributed by atoms with Crippen molar-refractivity contribution >= 4 is 5.84 Å². The summed E-state index contributed by atoms with van der Waals surface area (Å²) in [7, 11) is 1.94. The van der Waals surface area contributed by atoms with Crippen molar-refractivity contribution in [2.45, 2.75) is 27.3 Å². The molecule has 1 aromatic heterocycles.